The first-order chi connectivity index (χ1) is 11.1. The molecule has 0 heterocycles. The van der Waals surface area contributed by atoms with Crippen LogP contribution in [0.25, 0.3) is 0 Å². The monoisotopic (exact) mass is 309 g/mol. The maximum Gasteiger partial charge on any atom is 0.331 e. The number of allylic oxidation sites excluding steroid dienone is 4. The Morgan fingerprint density at radius 3 is 2.78 bits per heavy atom. The number of fused-ring (bicyclic) bond motifs is 3. The number of carbonyl (C=O) groups is 2. The smallest absolute Gasteiger partial charge is 0.318 e. The molecule has 0 radical (unpaired) electrons. The fourth-order valence-electron chi connectivity index (χ4n) is 3.22. The topological polar surface area (TPSA) is 55.7 Å². The van der Waals surface area contributed by atoms with Gasteiger partial charge in [-0.05, 0) is 36.0 Å². The Balaban J connectivity index is 1.89. The van der Waals surface area contributed by atoms with Crippen LogP contribution < -0.4 is 0 Å². The van der Waals surface area contributed by atoms with Crippen molar-refractivity contribution in [2.24, 2.45) is 11.1 Å². The first-order valence-electron chi connectivity index (χ1n) is 7.87. The van der Waals surface area contributed by atoms with Crippen molar-refractivity contribution >= 4 is 17.5 Å². The average molecular weight is 309 g/mol. The van der Waals surface area contributed by atoms with Crippen LogP contribution in [0.5, 0.6) is 0 Å². The number of hydrogen-bond acceptors (Lipinski definition) is 4. The van der Waals surface area contributed by atoms with E-state index >= 15 is 0 Å². The average Bonchev–Trinajstić information content (AvgIpc) is 2.92. The Morgan fingerprint density at radius 1 is 1.26 bits per heavy atom. The third-order valence-corrected chi connectivity index (χ3v) is 4.35. The van der Waals surface area contributed by atoms with E-state index in [1.54, 1.807) is 0 Å². The molecule has 2 aliphatic rings. The predicted octanol–water partition coefficient (Wildman–Crippen LogP) is 3.58. The third kappa shape index (κ3) is 3.02. The maximum atomic E-state index is 12.6. The van der Waals surface area contributed by atoms with E-state index in [-0.39, 0.29) is 11.5 Å². The van der Waals surface area contributed by atoms with Gasteiger partial charge in [-0.25, -0.2) is 4.79 Å². The van der Waals surface area contributed by atoms with E-state index in [0.29, 0.717) is 23.8 Å². The maximum absolute atomic E-state index is 12.6. The Labute approximate surface area is 135 Å². The SMILES string of the molecule is CC/C(=N/OC(C)=O)C(=O)c1ccc2c(c1)C1C=CC=CC1C2. The van der Waals surface area contributed by atoms with Gasteiger partial charge >= 0.3 is 5.97 Å². The second kappa shape index (κ2) is 6.32. The van der Waals surface area contributed by atoms with Gasteiger partial charge in [-0.2, -0.15) is 0 Å². The highest BCUT2D eigenvalue weighted by Gasteiger charge is 2.30. The van der Waals surface area contributed by atoms with Crippen LogP contribution in [0, 0.1) is 5.92 Å². The molecular weight excluding hydrogens is 290 g/mol. The van der Waals surface area contributed by atoms with Gasteiger partial charge in [-0.1, -0.05) is 48.5 Å². The molecule has 0 aromatic heterocycles. The molecule has 4 nitrogen and oxygen atoms in total. The van der Waals surface area contributed by atoms with Crippen molar-refractivity contribution in [1.29, 1.82) is 0 Å². The molecular formula is C19H19NO3. The molecule has 23 heavy (non-hydrogen) atoms. The van der Waals surface area contributed by atoms with Crippen molar-refractivity contribution in [3.8, 4) is 0 Å². The van der Waals surface area contributed by atoms with Gasteiger partial charge in [0.25, 0.3) is 0 Å². The van der Waals surface area contributed by atoms with Crippen molar-refractivity contribution in [2.75, 3.05) is 0 Å². The standard InChI is InChI=1S/C19H19NO3/c1-3-18(20-23-12(2)21)19(22)15-9-8-14-10-13-6-4-5-7-16(13)17(14)11-15/h4-9,11,13,16H,3,10H2,1-2H3/b20-18-. The number of ketones is 1. The van der Waals surface area contributed by atoms with Gasteiger partial charge in [0, 0.05) is 18.4 Å². The molecule has 0 saturated carbocycles. The van der Waals surface area contributed by atoms with E-state index in [0.717, 1.165) is 6.42 Å². The Hall–Kier alpha value is -2.49. The molecule has 0 N–H and O–H groups in total. The molecule has 1 aromatic rings. The van der Waals surface area contributed by atoms with Gasteiger partial charge in [-0.15, -0.1) is 0 Å². The normalized spacial score (nSPS) is 21.7. The summed E-state index contributed by atoms with van der Waals surface area (Å²) in [6.07, 6.45) is 9.99. The number of nitrogens with zero attached hydrogens (tertiary/aromatic N) is 1. The zero-order chi connectivity index (χ0) is 16.4. The first-order valence-corrected chi connectivity index (χ1v) is 7.87. The van der Waals surface area contributed by atoms with Crippen molar-refractivity contribution in [1.82, 2.24) is 0 Å². The predicted molar refractivity (Wildman–Crippen MR) is 88.5 cm³/mol. The van der Waals surface area contributed by atoms with Gasteiger partial charge in [-0.3, -0.25) is 4.79 Å². The number of rotatable bonds is 4. The summed E-state index contributed by atoms with van der Waals surface area (Å²) in [7, 11) is 0. The molecule has 0 saturated heterocycles. The van der Waals surface area contributed by atoms with Crippen LogP contribution in [-0.2, 0) is 16.1 Å². The van der Waals surface area contributed by atoms with Crippen LogP contribution in [0.1, 0.15) is 47.7 Å². The zero-order valence-corrected chi connectivity index (χ0v) is 13.3. The van der Waals surface area contributed by atoms with Gasteiger partial charge in [0.2, 0.25) is 5.78 Å². The molecule has 3 rings (SSSR count). The molecule has 0 bridgehead atoms. The molecule has 4 heteroatoms. The molecule has 0 aliphatic heterocycles. The highest BCUT2D eigenvalue weighted by Crippen LogP contribution is 2.41. The minimum Gasteiger partial charge on any atom is -0.318 e. The molecule has 2 aliphatic carbocycles. The van der Waals surface area contributed by atoms with Crippen LogP contribution in [-0.4, -0.2) is 17.5 Å². The van der Waals surface area contributed by atoms with Crippen molar-refractivity contribution in [3.63, 3.8) is 0 Å². The van der Waals surface area contributed by atoms with Crippen molar-refractivity contribution in [2.45, 2.75) is 32.6 Å². The second-order valence-electron chi connectivity index (χ2n) is 5.88. The van der Waals surface area contributed by atoms with E-state index in [2.05, 4.69) is 34.3 Å². The van der Waals surface area contributed by atoms with Gasteiger partial charge in [0.05, 0.1) is 0 Å². The third-order valence-electron chi connectivity index (χ3n) is 4.35. The highest BCUT2D eigenvalue weighted by molar-refractivity contribution is 6.45. The van der Waals surface area contributed by atoms with E-state index in [1.807, 2.05) is 25.1 Å². The number of benzene rings is 1. The largest absolute Gasteiger partial charge is 0.331 e. The van der Waals surface area contributed by atoms with Crippen LogP contribution in [0.3, 0.4) is 0 Å². The van der Waals surface area contributed by atoms with E-state index in [4.69, 9.17) is 0 Å². The lowest BCUT2D eigenvalue weighted by Crippen LogP contribution is -2.15. The fraction of sp³-hybridized carbons (Fsp3) is 0.316. The minimum absolute atomic E-state index is 0.185. The highest BCUT2D eigenvalue weighted by atomic mass is 16.7. The number of oxime groups is 1. The molecule has 2 unspecified atom stereocenters. The van der Waals surface area contributed by atoms with E-state index < -0.39 is 5.97 Å². The lowest BCUT2D eigenvalue weighted by molar-refractivity contribution is -0.140. The van der Waals surface area contributed by atoms with E-state index in [9.17, 15) is 9.59 Å². The first kappa shape index (κ1) is 15.4. The summed E-state index contributed by atoms with van der Waals surface area (Å²) in [6.45, 7) is 3.08. The summed E-state index contributed by atoms with van der Waals surface area (Å²) in [6, 6.07) is 5.83. The molecule has 0 fully saturated rings. The number of Topliss-reactive ketones (excluding diaryl/α,β-unsaturated/α-hetero) is 1. The van der Waals surface area contributed by atoms with Crippen LogP contribution in [0.2, 0.25) is 0 Å². The molecule has 1 aromatic carbocycles. The lowest BCUT2D eigenvalue weighted by atomic mass is 9.88. The van der Waals surface area contributed by atoms with Gasteiger partial charge < -0.3 is 4.84 Å². The molecule has 0 amide bonds. The van der Waals surface area contributed by atoms with Crippen LogP contribution >= 0.6 is 0 Å². The van der Waals surface area contributed by atoms with Crippen molar-refractivity contribution < 1.29 is 14.4 Å². The summed E-state index contributed by atoms with van der Waals surface area (Å²) in [5.41, 5.74) is 3.36. The zero-order valence-electron chi connectivity index (χ0n) is 13.3. The number of carbonyl (C=O) groups excluding carboxylic acids is 2. The fourth-order valence-corrected chi connectivity index (χ4v) is 3.22. The summed E-state index contributed by atoms with van der Waals surface area (Å²) < 4.78 is 0. The number of hydrogen-bond donors (Lipinski definition) is 0. The molecule has 0 spiro atoms. The summed E-state index contributed by atoms with van der Waals surface area (Å²) in [5.74, 6) is 0.119. The van der Waals surface area contributed by atoms with E-state index in [1.165, 1.54) is 18.1 Å². The second-order valence-corrected chi connectivity index (χ2v) is 5.88. The van der Waals surface area contributed by atoms with Crippen molar-refractivity contribution in [3.05, 3.63) is 59.2 Å². The Kier molecular flexibility index (Phi) is 4.24. The minimum atomic E-state index is -0.528. The van der Waals surface area contributed by atoms with Gasteiger partial charge in [0.15, 0.2) is 0 Å². The molecule has 118 valence electrons. The molecule has 2 atom stereocenters. The quantitative estimate of drug-likeness (QED) is 0.370. The van der Waals surface area contributed by atoms with Crippen LogP contribution in [0.4, 0.5) is 0 Å². The Morgan fingerprint density at radius 2 is 2.04 bits per heavy atom. The van der Waals surface area contributed by atoms with Gasteiger partial charge in [0.1, 0.15) is 5.71 Å². The summed E-state index contributed by atoms with van der Waals surface area (Å²) in [4.78, 5) is 28.1. The Bertz CT molecular complexity index is 743. The lowest BCUT2D eigenvalue weighted by Gasteiger charge is -2.16. The summed E-state index contributed by atoms with van der Waals surface area (Å²) >= 11 is 0. The summed E-state index contributed by atoms with van der Waals surface area (Å²) in [5, 5.41) is 3.69. The van der Waals surface area contributed by atoms with Crippen LogP contribution in [0.15, 0.2) is 47.7 Å².